The molecule has 2 aliphatic carbocycles. The molecule has 0 heteroatoms. The van der Waals surface area contributed by atoms with E-state index in [0.717, 1.165) is 11.8 Å². The lowest BCUT2D eigenvalue weighted by Gasteiger charge is -2.37. The first-order valence-electron chi connectivity index (χ1n) is 5.13. The van der Waals surface area contributed by atoms with E-state index in [1.165, 1.54) is 49.7 Å². The fourth-order valence-corrected chi connectivity index (χ4v) is 2.74. The Bertz CT molecular complexity index is 188. The molecule has 0 heterocycles. The van der Waals surface area contributed by atoms with Gasteiger partial charge in [-0.1, -0.05) is 37.1 Å². The van der Waals surface area contributed by atoms with E-state index in [4.69, 9.17) is 0 Å². The van der Waals surface area contributed by atoms with Gasteiger partial charge in [-0.3, -0.25) is 0 Å². The Balaban J connectivity index is 2.07. The fraction of sp³-hybridized carbons (Fsp3) is 0.667. The van der Waals surface area contributed by atoms with Crippen molar-refractivity contribution in [2.45, 2.75) is 38.5 Å². The normalized spacial score (nSPS) is 36.3. The monoisotopic (exact) mass is 162 g/mol. The average molecular weight is 162 g/mol. The first-order chi connectivity index (χ1) is 5.77. The number of allylic oxidation sites excluding steroid dienone is 2. The summed E-state index contributed by atoms with van der Waals surface area (Å²) in [6.07, 6.45) is 8.25. The molecule has 0 aromatic carbocycles. The second-order valence-corrected chi connectivity index (χ2v) is 4.42. The van der Waals surface area contributed by atoms with E-state index in [1.54, 1.807) is 0 Å². The van der Waals surface area contributed by atoms with E-state index in [2.05, 4.69) is 13.2 Å². The zero-order valence-electron chi connectivity index (χ0n) is 7.81. The highest BCUT2D eigenvalue weighted by Crippen LogP contribution is 2.43. The molecule has 2 saturated carbocycles. The maximum Gasteiger partial charge on any atom is -0.0251 e. The van der Waals surface area contributed by atoms with Crippen molar-refractivity contribution in [2.24, 2.45) is 11.8 Å². The molecule has 0 amide bonds. The molecule has 2 atom stereocenters. The number of rotatable bonds is 0. The average Bonchev–Trinajstić information content (AvgIpc) is 2.07. The van der Waals surface area contributed by atoms with Crippen LogP contribution in [0, 0.1) is 11.8 Å². The lowest BCUT2D eigenvalue weighted by molar-refractivity contribution is 0.220. The van der Waals surface area contributed by atoms with Crippen LogP contribution in [0.15, 0.2) is 24.3 Å². The predicted molar refractivity (Wildman–Crippen MR) is 53.0 cm³/mol. The van der Waals surface area contributed by atoms with Crippen LogP contribution < -0.4 is 0 Å². The van der Waals surface area contributed by atoms with Crippen molar-refractivity contribution in [3.8, 4) is 0 Å². The second kappa shape index (κ2) is 3.08. The van der Waals surface area contributed by atoms with Crippen LogP contribution in [-0.4, -0.2) is 0 Å². The third-order valence-electron chi connectivity index (χ3n) is 3.58. The van der Waals surface area contributed by atoms with Gasteiger partial charge in [0.2, 0.25) is 0 Å². The molecule has 0 saturated heterocycles. The zero-order valence-corrected chi connectivity index (χ0v) is 7.81. The van der Waals surface area contributed by atoms with E-state index >= 15 is 0 Å². The summed E-state index contributed by atoms with van der Waals surface area (Å²) in [7, 11) is 0. The van der Waals surface area contributed by atoms with Gasteiger partial charge in [-0.05, 0) is 37.5 Å². The first kappa shape index (κ1) is 8.10. The van der Waals surface area contributed by atoms with Gasteiger partial charge in [0.15, 0.2) is 0 Å². The number of fused-ring (bicyclic) bond motifs is 1. The van der Waals surface area contributed by atoms with E-state index in [9.17, 15) is 0 Å². The molecular weight excluding hydrogens is 144 g/mol. The lowest BCUT2D eigenvalue weighted by atomic mass is 9.68. The van der Waals surface area contributed by atoms with Gasteiger partial charge in [-0.15, -0.1) is 0 Å². The Morgan fingerprint density at radius 1 is 0.833 bits per heavy atom. The number of hydrogen-bond donors (Lipinski definition) is 0. The smallest absolute Gasteiger partial charge is 0.0251 e. The highest BCUT2D eigenvalue weighted by atomic mass is 14.3. The minimum Gasteiger partial charge on any atom is -0.0956 e. The molecule has 0 aromatic heterocycles. The quantitative estimate of drug-likeness (QED) is 0.509. The molecule has 66 valence electrons. The molecule has 2 fully saturated rings. The summed E-state index contributed by atoms with van der Waals surface area (Å²) >= 11 is 0. The van der Waals surface area contributed by atoms with Crippen molar-refractivity contribution in [3.63, 3.8) is 0 Å². The van der Waals surface area contributed by atoms with Gasteiger partial charge in [0.1, 0.15) is 0 Å². The van der Waals surface area contributed by atoms with Crippen LogP contribution in [0.5, 0.6) is 0 Å². The van der Waals surface area contributed by atoms with Crippen LogP contribution in [0.2, 0.25) is 0 Å². The molecule has 2 unspecified atom stereocenters. The summed E-state index contributed by atoms with van der Waals surface area (Å²) in [6.45, 7) is 8.17. The Morgan fingerprint density at radius 3 is 1.67 bits per heavy atom. The maximum atomic E-state index is 4.09. The van der Waals surface area contributed by atoms with Crippen molar-refractivity contribution >= 4 is 0 Å². The number of hydrogen-bond acceptors (Lipinski definition) is 0. The topological polar surface area (TPSA) is 0 Å². The van der Waals surface area contributed by atoms with E-state index in [-0.39, 0.29) is 0 Å². The maximum absolute atomic E-state index is 4.09. The van der Waals surface area contributed by atoms with Crippen molar-refractivity contribution in [2.75, 3.05) is 0 Å². The summed E-state index contributed by atoms with van der Waals surface area (Å²) in [6, 6.07) is 0. The molecule has 0 nitrogen and oxygen atoms in total. The minimum absolute atomic E-state index is 0.955. The van der Waals surface area contributed by atoms with Crippen molar-refractivity contribution in [1.29, 1.82) is 0 Å². The van der Waals surface area contributed by atoms with Gasteiger partial charge < -0.3 is 0 Å². The molecule has 0 radical (unpaired) electrons. The van der Waals surface area contributed by atoms with Crippen LogP contribution in [0.3, 0.4) is 0 Å². The highest BCUT2D eigenvalue weighted by molar-refractivity contribution is 5.29. The standard InChI is InChI=1S/C12H18/c1-9-7-11-5-3-4-6-12(11)8-10(9)2/h11-12H,1-8H2. The van der Waals surface area contributed by atoms with Gasteiger partial charge in [-0.2, -0.15) is 0 Å². The molecule has 2 aliphatic rings. The Morgan fingerprint density at radius 2 is 1.25 bits per heavy atom. The van der Waals surface area contributed by atoms with E-state index in [1.807, 2.05) is 0 Å². The molecule has 0 aromatic rings. The van der Waals surface area contributed by atoms with Crippen LogP contribution in [-0.2, 0) is 0 Å². The molecule has 0 aliphatic heterocycles. The lowest BCUT2D eigenvalue weighted by Crippen LogP contribution is -2.24. The molecule has 2 rings (SSSR count). The third-order valence-corrected chi connectivity index (χ3v) is 3.58. The second-order valence-electron chi connectivity index (χ2n) is 4.42. The summed E-state index contributed by atoms with van der Waals surface area (Å²) in [4.78, 5) is 0. The SMILES string of the molecule is C=C1CC2CCCCC2CC1=C. The van der Waals surface area contributed by atoms with Crippen molar-refractivity contribution in [3.05, 3.63) is 24.3 Å². The molecule has 12 heavy (non-hydrogen) atoms. The van der Waals surface area contributed by atoms with Crippen molar-refractivity contribution in [1.82, 2.24) is 0 Å². The Kier molecular flexibility index (Phi) is 2.08. The summed E-state index contributed by atoms with van der Waals surface area (Å²) in [5.74, 6) is 1.91. The van der Waals surface area contributed by atoms with Crippen LogP contribution >= 0.6 is 0 Å². The Hall–Kier alpha value is -0.520. The van der Waals surface area contributed by atoms with Gasteiger partial charge in [0, 0.05) is 0 Å². The Labute approximate surface area is 75.4 Å². The molecule has 0 N–H and O–H groups in total. The molecule has 0 spiro atoms. The predicted octanol–water partition coefficient (Wildman–Crippen LogP) is 3.70. The summed E-state index contributed by atoms with van der Waals surface area (Å²) in [5, 5.41) is 0. The summed E-state index contributed by atoms with van der Waals surface area (Å²) < 4.78 is 0. The van der Waals surface area contributed by atoms with Crippen molar-refractivity contribution < 1.29 is 0 Å². The minimum atomic E-state index is 0.955. The van der Waals surface area contributed by atoms with Crippen LogP contribution in [0.4, 0.5) is 0 Å². The molecule has 0 bridgehead atoms. The largest absolute Gasteiger partial charge is 0.0956 e. The van der Waals surface area contributed by atoms with Gasteiger partial charge in [0.25, 0.3) is 0 Å². The first-order valence-corrected chi connectivity index (χ1v) is 5.13. The zero-order chi connectivity index (χ0) is 8.55. The van der Waals surface area contributed by atoms with Gasteiger partial charge in [0.05, 0.1) is 0 Å². The molecular formula is C12H18. The summed E-state index contributed by atoms with van der Waals surface area (Å²) in [5.41, 5.74) is 2.66. The van der Waals surface area contributed by atoms with Crippen LogP contribution in [0.25, 0.3) is 0 Å². The third kappa shape index (κ3) is 1.35. The van der Waals surface area contributed by atoms with Gasteiger partial charge >= 0.3 is 0 Å². The fourth-order valence-electron chi connectivity index (χ4n) is 2.74. The highest BCUT2D eigenvalue weighted by Gasteiger charge is 2.30. The van der Waals surface area contributed by atoms with Gasteiger partial charge in [-0.25, -0.2) is 0 Å². The van der Waals surface area contributed by atoms with E-state index < -0.39 is 0 Å². The van der Waals surface area contributed by atoms with Crippen LogP contribution in [0.1, 0.15) is 38.5 Å². The van der Waals surface area contributed by atoms with E-state index in [0.29, 0.717) is 0 Å².